The number of allylic oxidation sites excluding steroid dienone is 13. The average Bonchev–Trinajstić information content (AvgIpc) is 3.33. The first kappa shape index (κ1) is 68.2. The molecule has 1 amide bonds. The smallest absolute Gasteiger partial charge is 0.306 e. The van der Waals surface area contributed by atoms with Gasteiger partial charge in [-0.3, -0.25) is 14.2 Å². The number of nitrogens with zero attached hydrogens (tertiary/aromatic N) is 1. The Morgan fingerprint density at radius 1 is 0.521 bits per heavy atom. The molecule has 0 aliphatic heterocycles. The summed E-state index contributed by atoms with van der Waals surface area (Å²) in [6.07, 6.45) is 65.4. The summed E-state index contributed by atoms with van der Waals surface area (Å²) in [7, 11) is 1.15. The van der Waals surface area contributed by atoms with Gasteiger partial charge in [-0.1, -0.05) is 222 Å². The molecule has 0 saturated heterocycles. The van der Waals surface area contributed by atoms with Crippen LogP contribution < -0.4 is 10.2 Å². The molecule has 1 N–H and O–H groups in total. The SMILES string of the molecule is CC/C=C/C=C/C=C/CCCCCCCCCC(=O)OC(/C=C/CCCCCCCCCCCCC)C(COP(=O)([O-])OCC[N+](C)(C)C)NC(=O)CCCCCC/C=C\C/C=C\C/C=C\CCCCC. The fourth-order valence-electron chi connectivity index (χ4n) is 7.88. The van der Waals surface area contributed by atoms with E-state index < -0.39 is 26.6 Å². The summed E-state index contributed by atoms with van der Waals surface area (Å²) in [5, 5.41) is 3.01. The number of phosphoric ester groups is 1. The monoisotopic (exact) mass is 1010 g/mol. The van der Waals surface area contributed by atoms with Gasteiger partial charge >= 0.3 is 5.97 Å². The first-order valence-corrected chi connectivity index (χ1v) is 30.4. The minimum absolute atomic E-state index is 0.0326. The van der Waals surface area contributed by atoms with E-state index in [0.29, 0.717) is 23.9 Å². The fraction of sp³-hybridized carbons (Fsp3) is 0.738. The summed E-state index contributed by atoms with van der Waals surface area (Å²) in [6, 6.07) is -0.908. The van der Waals surface area contributed by atoms with Crippen molar-refractivity contribution >= 4 is 19.7 Å². The van der Waals surface area contributed by atoms with E-state index >= 15 is 0 Å². The van der Waals surface area contributed by atoms with Crippen molar-refractivity contribution in [3.63, 3.8) is 0 Å². The predicted octanol–water partition coefficient (Wildman–Crippen LogP) is 16.8. The molecule has 0 aromatic heterocycles. The van der Waals surface area contributed by atoms with Crippen LogP contribution in [0.3, 0.4) is 0 Å². The number of unbranched alkanes of at least 4 members (excludes halogenated alkanes) is 25. The van der Waals surface area contributed by atoms with Gasteiger partial charge in [-0.15, -0.1) is 0 Å². The molecule has 0 aliphatic rings. The summed E-state index contributed by atoms with van der Waals surface area (Å²) < 4.78 is 30.2. The minimum atomic E-state index is -4.71. The molecule has 0 bridgehead atoms. The molecule has 0 saturated carbocycles. The van der Waals surface area contributed by atoms with E-state index in [-0.39, 0.29) is 31.3 Å². The second-order valence-corrected chi connectivity index (χ2v) is 21.9. The lowest BCUT2D eigenvalue weighted by atomic mass is 10.0. The minimum Gasteiger partial charge on any atom is -0.756 e. The summed E-state index contributed by atoms with van der Waals surface area (Å²) in [5.74, 6) is -0.584. The molecule has 71 heavy (non-hydrogen) atoms. The molecule has 0 aromatic carbocycles. The lowest BCUT2D eigenvalue weighted by Gasteiger charge is -2.30. The zero-order chi connectivity index (χ0) is 52.2. The molecule has 0 radical (unpaired) electrons. The second-order valence-electron chi connectivity index (χ2n) is 20.5. The third-order valence-corrected chi connectivity index (χ3v) is 13.3. The van der Waals surface area contributed by atoms with Gasteiger partial charge < -0.3 is 28.5 Å². The van der Waals surface area contributed by atoms with Crippen molar-refractivity contribution in [3.8, 4) is 0 Å². The number of rotatable bonds is 51. The highest BCUT2D eigenvalue weighted by Gasteiger charge is 2.27. The Morgan fingerprint density at radius 3 is 1.49 bits per heavy atom. The third-order valence-electron chi connectivity index (χ3n) is 12.4. The molecule has 3 atom stereocenters. The number of hydrogen-bond acceptors (Lipinski definition) is 7. The van der Waals surface area contributed by atoms with E-state index in [0.717, 1.165) is 89.9 Å². The first-order valence-electron chi connectivity index (χ1n) is 28.9. The Balaban J connectivity index is 5.43. The van der Waals surface area contributed by atoms with E-state index in [1.165, 1.54) is 103 Å². The van der Waals surface area contributed by atoms with Crippen LogP contribution in [0.15, 0.2) is 85.1 Å². The van der Waals surface area contributed by atoms with Gasteiger partial charge in [-0.2, -0.15) is 0 Å². The van der Waals surface area contributed by atoms with E-state index in [1.54, 1.807) is 0 Å². The predicted molar refractivity (Wildman–Crippen MR) is 302 cm³/mol. The van der Waals surface area contributed by atoms with Crippen LogP contribution in [0.1, 0.15) is 239 Å². The third kappa shape index (κ3) is 51.9. The summed E-state index contributed by atoms with van der Waals surface area (Å²) in [4.78, 5) is 39.9. The number of ether oxygens (including phenoxy) is 1. The number of quaternary nitrogens is 1. The molecular weight excluding hydrogens is 904 g/mol. The normalized spacial score (nSPS) is 14.4. The van der Waals surface area contributed by atoms with E-state index in [9.17, 15) is 19.0 Å². The molecular formula is C61H109N2O7P. The van der Waals surface area contributed by atoms with E-state index in [2.05, 4.69) is 99.0 Å². The molecule has 9 nitrogen and oxygen atoms in total. The maximum Gasteiger partial charge on any atom is 0.306 e. The van der Waals surface area contributed by atoms with Crippen LogP contribution in [0.4, 0.5) is 0 Å². The van der Waals surface area contributed by atoms with Crippen molar-refractivity contribution in [1.82, 2.24) is 5.32 Å². The van der Waals surface area contributed by atoms with Gasteiger partial charge in [0.25, 0.3) is 7.82 Å². The topological polar surface area (TPSA) is 114 Å². The van der Waals surface area contributed by atoms with Crippen LogP contribution in [-0.4, -0.2) is 69.4 Å². The van der Waals surface area contributed by atoms with Crippen molar-refractivity contribution in [3.05, 3.63) is 85.1 Å². The molecule has 0 aliphatic carbocycles. The molecule has 0 aromatic rings. The number of amides is 1. The molecule has 0 heterocycles. The number of phosphoric acid groups is 1. The van der Waals surface area contributed by atoms with Crippen LogP contribution in [0.2, 0.25) is 0 Å². The number of hydrogen-bond donors (Lipinski definition) is 1. The van der Waals surface area contributed by atoms with Gasteiger partial charge in [0.2, 0.25) is 5.91 Å². The average molecular weight is 1010 g/mol. The quantitative estimate of drug-likeness (QED) is 0.0161. The van der Waals surface area contributed by atoms with Gasteiger partial charge in [0, 0.05) is 12.8 Å². The van der Waals surface area contributed by atoms with Crippen molar-refractivity contribution in [2.45, 2.75) is 251 Å². The van der Waals surface area contributed by atoms with Crippen LogP contribution in [0, 0.1) is 0 Å². The van der Waals surface area contributed by atoms with E-state index in [1.807, 2.05) is 33.3 Å². The fourth-order valence-corrected chi connectivity index (χ4v) is 8.60. The highest BCUT2D eigenvalue weighted by molar-refractivity contribution is 7.45. The van der Waals surface area contributed by atoms with Crippen molar-refractivity contribution in [2.24, 2.45) is 0 Å². The Kier molecular flexibility index (Phi) is 48.7. The zero-order valence-corrected chi connectivity index (χ0v) is 47.5. The lowest BCUT2D eigenvalue weighted by Crippen LogP contribution is -2.47. The van der Waals surface area contributed by atoms with E-state index in [4.69, 9.17) is 13.8 Å². The second kappa shape index (κ2) is 50.7. The number of nitrogens with one attached hydrogen (secondary N) is 1. The van der Waals surface area contributed by atoms with Gasteiger partial charge in [-0.05, 0) is 89.5 Å². The molecule has 3 unspecified atom stereocenters. The Morgan fingerprint density at radius 2 is 0.958 bits per heavy atom. The maximum absolute atomic E-state index is 13.5. The summed E-state index contributed by atoms with van der Waals surface area (Å²) in [6.45, 7) is 6.65. The number of carbonyl (C=O) groups is 2. The van der Waals surface area contributed by atoms with Gasteiger partial charge in [0.05, 0.1) is 33.8 Å². The number of esters is 1. The summed E-state index contributed by atoms with van der Waals surface area (Å²) >= 11 is 0. The van der Waals surface area contributed by atoms with Crippen LogP contribution in [0.5, 0.6) is 0 Å². The maximum atomic E-state index is 13.5. The molecule has 0 rings (SSSR count). The summed E-state index contributed by atoms with van der Waals surface area (Å²) in [5.41, 5.74) is 0. The Labute approximate surface area is 437 Å². The molecule has 0 spiro atoms. The van der Waals surface area contributed by atoms with Gasteiger partial charge in [0.15, 0.2) is 0 Å². The van der Waals surface area contributed by atoms with Crippen LogP contribution in [0.25, 0.3) is 0 Å². The van der Waals surface area contributed by atoms with Gasteiger partial charge in [0.1, 0.15) is 19.3 Å². The highest BCUT2D eigenvalue weighted by Crippen LogP contribution is 2.38. The number of likely N-dealkylation sites (N-methyl/N-ethyl adjacent to an activating group) is 1. The van der Waals surface area contributed by atoms with Crippen molar-refractivity contribution in [2.75, 3.05) is 40.9 Å². The first-order chi connectivity index (χ1) is 34.4. The van der Waals surface area contributed by atoms with Gasteiger partial charge in [-0.25, -0.2) is 0 Å². The Bertz CT molecular complexity index is 1490. The van der Waals surface area contributed by atoms with Crippen LogP contribution >= 0.6 is 7.82 Å². The number of carbonyl (C=O) groups excluding carboxylic acids is 2. The molecule has 410 valence electrons. The Hall–Kier alpha value is -2.81. The standard InChI is InChI=1S/C61H109N2O7P/c1-7-10-13-16-19-22-25-28-30-31-33-35-38-41-44-47-50-53-60(64)62-58(57-69-71(66,67)68-56-55-63(4,5)6)59(52-49-46-43-40-37-34-27-24-21-18-15-12-9-3)70-61(65)54-51-48-45-42-39-36-32-29-26-23-20-17-14-11-8-2/h11,14,17,19-20,22-23,26,28,30,33,35,49,52,58-59H,7-10,12-13,15-16,18,21,24-25,27,29,31-32,34,36-48,50-51,53-57H2,1-6H3,(H-,62,64,66,67)/b14-11+,20-17+,22-19-,26-23+,30-28-,35-33-,52-49+. The highest BCUT2D eigenvalue weighted by atomic mass is 31.2. The zero-order valence-electron chi connectivity index (χ0n) is 46.7. The van der Waals surface area contributed by atoms with Crippen molar-refractivity contribution in [1.29, 1.82) is 0 Å². The van der Waals surface area contributed by atoms with Crippen LogP contribution in [-0.2, 0) is 27.9 Å². The lowest BCUT2D eigenvalue weighted by molar-refractivity contribution is -0.870. The molecule has 0 fully saturated rings. The molecule has 10 heteroatoms. The van der Waals surface area contributed by atoms with Crippen molar-refractivity contribution < 1.29 is 37.3 Å². The largest absolute Gasteiger partial charge is 0.756 e.